The highest BCUT2D eigenvalue weighted by Crippen LogP contribution is 2.25. The first kappa shape index (κ1) is 15.9. The smallest absolute Gasteiger partial charge is 0.308 e. The normalized spacial score (nSPS) is 22.0. The van der Waals surface area contributed by atoms with Gasteiger partial charge >= 0.3 is 5.97 Å². The van der Waals surface area contributed by atoms with E-state index >= 15 is 0 Å². The predicted octanol–water partition coefficient (Wildman–Crippen LogP) is 3.18. The van der Waals surface area contributed by atoms with Crippen molar-refractivity contribution in [2.45, 2.75) is 45.2 Å². The Morgan fingerprint density at radius 2 is 2.14 bits per heavy atom. The number of nitrogens with one attached hydrogen (secondary N) is 1. The van der Waals surface area contributed by atoms with E-state index in [2.05, 4.69) is 5.32 Å². The van der Waals surface area contributed by atoms with Crippen LogP contribution in [0.5, 0.6) is 0 Å². The van der Waals surface area contributed by atoms with E-state index in [1.807, 2.05) is 0 Å². The van der Waals surface area contributed by atoms with Gasteiger partial charge in [0.25, 0.3) is 0 Å². The fourth-order valence-electron chi connectivity index (χ4n) is 2.76. The topological polar surface area (TPSA) is 38.3 Å². The lowest BCUT2D eigenvalue weighted by Crippen LogP contribution is -2.36. The summed E-state index contributed by atoms with van der Waals surface area (Å²) in [7, 11) is 0. The predicted molar refractivity (Wildman–Crippen MR) is 75.6 cm³/mol. The molecular weight excluding hydrogens is 276 g/mol. The molecule has 21 heavy (non-hydrogen) atoms. The van der Waals surface area contributed by atoms with Gasteiger partial charge in [-0.1, -0.05) is 12.5 Å². The highest BCUT2D eigenvalue weighted by molar-refractivity contribution is 5.72. The molecule has 1 aliphatic carbocycles. The fourth-order valence-corrected chi connectivity index (χ4v) is 2.76. The standard InChI is InChI=1S/C16H21F2NO2/c1-2-21-16(20)12-4-3-5-13(9-12)19-10-11-6-7-14(17)15(18)8-11/h6-8,12-13,19H,2-5,9-10H2,1H3. The van der Waals surface area contributed by atoms with Gasteiger partial charge in [-0.3, -0.25) is 4.79 Å². The van der Waals surface area contributed by atoms with Crippen LogP contribution in [0.4, 0.5) is 8.78 Å². The minimum Gasteiger partial charge on any atom is -0.466 e. The van der Waals surface area contributed by atoms with Gasteiger partial charge in [-0.25, -0.2) is 8.78 Å². The maximum absolute atomic E-state index is 13.1. The van der Waals surface area contributed by atoms with Crippen LogP contribution in [0.25, 0.3) is 0 Å². The van der Waals surface area contributed by atoms with Crippen LogP contribution in [0, 0.1) is 17.6 Å². The van der Waals surface area contributed by atoms with Gasteiger partial charge in [0.15, 0.2) is 11.6 Å². The van der Waals surface area contributed by atoms with Crippen molar-refractivity contribution < 1.29 is 18.3 Å². The largest absolute Gasteiger partial charge is 0.466 e. The van der Waals surface area contributed by atoms with Crippen molar-refractivity contribution in [3.8, 4) is 0 Å². The monoisotopic (exact) mass is 297 g/mol. The second kappa shape index (κ2) is 7.50. The van der Waals surface area contributed by atoms with Crippen molar-refractivity contribution in [1.82, 2.24) is 5.32 Å². The molecule has 1 aromatic rings. The molecule has 1 N–H and O–H groups in total. The molecule has 0 heterocycles. The number of carbonyl (C=O) groups is 1. The number of halogens is 2. The van der Waals surface area contributed by atoms with Crippen molar-refractivity contribution in [3.63, 3.8) is 0 Å². The number of carbonyl (C=O) groups excluding carboxylic acids is 1. The SMILES string of the molecule is CCOC(=O)C1CCCC(NCc2ccc(F)c(F)c2)C1. The summed E-state index contributed by atoms with van der Waals surface area (Å²) in [6.45, 7) is 2.68. The molecule has 0 aromatic heterocycles. The van der Waals surface area contributed by atoms with Gasteiger partial charge in [0.05, 0.1) is 12.5 Å². The Morgan fingerprint density at radius 1 is 1.33 bits per heavy atom. The fraction of sp³-hybridized carbons (Fsp3) is 0.562. The molecule has 0 amide bonds. The number of rotatable bonds is 5. The maximum Gasteiger partial charge on any atom is 0.308 e. The van der Waals surface area contributed by atoms with Crippen LogP contribution < -0.4 is 5.32 Å². The Morgan fingerprint density at radius 3 is 2.86 bits per heavy atom. The minimum atomic E-state index is -0.834. The lowest BCUT2D eigenvalue weighted by molar-refractivity contribution is -0.149. The van der Waals surface area contributed by atoms with E-state index in [-0.39, 0.29) is 17.9 Å². The molecule has 5 heteroatoms. The summed E-state index contributed by atoms with van der Waals surface area (Å²) in [5, 5.41) is 3.31. The molecule has 0 spiro atoms. The Labute approximate surface area is 123 Å². The van der Waals surface area contributed by atoms with Crippen LogP contribution in [0.2, 0.25) is 0 Å². The highest BCUT2D eigenvalue weighted by atomic mass is 19.2. The van der Waals surface area contributed by atoms with Crippen LogP contribution in [0.1, 0.15) is 38.2 Å². The van der Waals surface area contributed by atoms with Crippen LogP contribution in [-0.2, 0) is 16.1 Å². The molecule has 3 nitrogen and oxygen atoms in total. The Hall–Kier alpha value is -1.49. The first-order chi connectivity index (χ1) is 10.1. The number of benzene rings is 1. The molecule has 1 aromatic carbocycles. The molecule has 2 atom stereocenters. The average molecular weight is 297 g/mol. The first-order valence-corrected chi connectivity index (χ1v) is 7.44. The second-order valence-corrected chi connectivity index (χ2v) is 5.44. The Balaban J connectivity index is 1.85. The van der Waals surface area contributed by atoms with Crippen molar-refractivity contribution >= 4 is 5.97 Å². The van der Waals surface area contributed by atoms with Gasteiger partial charge < -0.3 is 10.1 Å². The third-order valence-corrected chi connectivity index (χ3v) is 3.87. The van der Waals surface area contributed by atoms with Gasteiger partial charge in [0.1, 0.15) is 0 Å². The molecule has 2 unspecified atom stereocenters. The summed E-state index contributed by atoms with van der Waals surface area (Å²) in [5.74, 6) is -1.85. The van der Waals surface area contributed by atoms with Crippen molar-refractivity contribution in [3.05, 3.63) is 35.4 Å². The Bertz CT molecular complexity index is 493. The molecule has 2 rings (SSSR count). The highest BCUT2D eigenvalue weighted by Gasteiger charge is 2.27. The van der Waals surface area contributed by atoms with E-state index in [1.54, 1.807) is 13.0 Å². The second-order valence-electron chi connectivity index (χ2n) is 5.44. The van der Waals surface area contributed by atoms with Gasteiger partial charge in [-0.15, -0.1) is 0 Å². The average Bonchev–Trinajstić information content (AvgIpc) is 2.49. The molecular formula is C16H21F2NO2. The quantitative estimate of drug-likeness (QED) is 0.848. The molecule has 0 aliphatic heterocycles. The van der Waals surface area contributed by atoms with Crippen LogP contribution in [0.3, 0.4) is 0 Å². The van der Waals surface area contributed by atoms with Crippen LogP contribution >= 0.6 is 0 Å². The minimum absolute atomic E-state index is 0.0545. The molecule has 0 radical (unpaired) electrons. The summed E-state index contributed by atoms with van der Waals surface area (Å²) in [6, 6.07) is 4.11. The molecule has 0 saturated heterocycles. The zero-order chi connectivity index (χ0) is 15.2. The lowest BCUT2D eigenvalue weighted by Gasteiger charge is -2.28. The van der Waals surface area contributed by atoms with E-state index in [0.29, 0.717) is 18.7 Å². The van der Waals surface area contributed by atoms with Crippen molar-refractivity contribution in [2.24, 2.45) is 5.92 Å². The zero-order valence-corrected chi connectivity index (χ0v) is 12.2. The van der Waals surface area contributed by atoms with Gasteiger partial charge in [0.2, 0.25) is 0 Å². The van der Waals surface area contributed by atoms with Crippen molar-refractivity contribution in [1.29, 1.82) is 0 Å². The molecule has 1 aliphatic rings. The van der Waals surface area contributed by atoms with E-state index in [4.69, 9.17) is 4.74 Å². The van der Waals surface area contributed by atoms with Gasteiger partial charge in [-0.05, 0) is 43.9 Å². The number of hydrogen-bond donors (Lipinski definition) is 1. The van der Waals surface area contributed by atoms with Gasteiger partial charge in [-0.2, -0.15) is 0 Å². The van der Waals surface area contributed by atoms with E-state index in [9.17, 15) is 13.6 Å². The summed E-state index contributed by atoms with van der Waals surface area (Å²) in [5.41, 5.74) is 0.701. The number of hydrogen-bond acceptors (Lipinski definition) is 3. The number of esters is 1. The Kier molecular flexibility index (Phi) is 5.67. The van der Waals surface area contributed by atoms with E-state index in [1.165, 1.54) is 6.07 Å². The summed E-state index contributed by atoms with van der Waals surface area (Å²) < 4.78 is 31.1. The lowest BCUT2D eigenvalue weighted by atomic mass is 9.85. The van der Waals surface area contributed by atoms with Crippen LogP contribution in [0.15, 0.2) is 18.2 Å². The summed E-state index contributed by atoms with van der Waals surface area (Å²) >= 11 is 0. The van der Waals surface area contributed by atoms with Gasteiger partial charge in [0, 0.05) is 12.6 Å². The molecule has 1 saturated carbocycles. The van der Waals surface area contributed by atoms with E-state index in [0.717, 1.165) is 31.7 Å². The van der Waals surface area contributed by atoms with Crippen molar-refractivity contribution in [2.75, 3.05) is 6.61 Å². The molecule has 116 valence electrons. The van der Waals surface area contributed by atoms with E-state index < -0.39 is 11.6 Å². The zero-order valence-electron chi connectivity index (χ0n) is 12.2. The summed E-state index contributed by atoms with van der Waals surface area (Å²) in [4.78, 5) is 11.8. The number of ether oxygens (including phenoxy) is 1. The maximum atomic E-state index is 13.1. The third kappa shape index (κ3) is 4.49. The summed E-state index contributed by atoms with van der Waals surface area (Å²) in [6.07, 6.45) is 3.56. The first-order valence-electron chi connectivity index (χ1n) is 7.44. The molecule has 1 fully saturated rings. The van der Waals surface area contributed by atoms with Crippen LogP contribution in [-0.4, -0.2) is 18.6 Å². The third-order valence-electron chi connectivity index (χ3n) is 3.87. The molecule has 0 bridgehead atoms.